The van der Waals surface area contributed by atoms with Crippen LogP contribution in [0.2, 0.25) is 0 Å². The van der Waals surface area contributed by atoms with E-state index in [1.807, 2.05) is 12.0 Å². The first-order valence-corrected chi connectivity index (χ1v) is 4.30. The molecule has 0 radical (unpaired) electrons. The van der Waals surface area contributed by atoms with Crippen molar-refractivity contribution in [1.82, 2.24) is 5.06 Å². The maximum absolute atomic E-state index is 5.35. The van der Waals surface area contributed by atoms with Crippen LogP contribution in [0.4, 0.5) is 0 Å². The van der Waals surface area contributed by atoms with Crippen LogP contribution < -0.4 is 0 Å². The highest BCUT2D eigenvalue weighted by Gasteiger charge is 1.96. The van der Waals surface area contributed by atoms with Crippen LogP contribution in [0.15, 0.2) is 0 Å². The SMILES string of the molecule is CCOCCON(CC)CC. The van der Waals surface area contributed by atoms with Gasteiger partial charge in [-0.15, -0.1) is 0 Å². The highest BCUT2D eigenvalue weighted by Crippen LogP contribution is 1.88. The quantitative estimate of drug-likeness (QED) is 0.415. The first-order valence-electron chi connectivity index (χ1n) is 4.30. The van der Waals surface area contributed by atoms with Gasteiger partial charge in [-0.2, -0.15) is 5.06 Å². The van der Waals surface area contributed by atoms with E-state index in [9.17, 15) is 0 Å². The number of hydrogen-bond acceptors (Lipinski definition) is 3. The molecule has 0 aliphatic carbocycles. The lowest BCUT2D eigenvalue weighted by molar-refractivity contribution is -0.163. The zero-order valence-electron chi connectivity index (χ0n) is 7.80. The molecule has 0 fully saturated rings. The van der Waals surface area contributed by atoms with Gasteiger partial charge in [-0.25, -0.2) is 0 Å². The third-order valence-electron chi connectivity index (χ3n) is 1.41. The summed E-state index contributed by atoms with van der Waals surface area (Å²) < 4.78 is 5.12. The standard InChI is InChI=1S/C8H19NO2/c1-4-9(5-2)11-8-7-10-6-3/h4-8H2,1-3H3. The van der Waals surface area contributed by atoms with Crippen molar-refractivity contribution in [3.63, 3.8) is 0 Å². The Morgan fingerprint density at radius 2 is 1.64 bits per heavy atom. The Morgan fingerprint density at radius 3 is 2.09 bits per heavy atom. The molecule has 0 aliphatic heterocycles. The molecule has 0 bridgehead atoms. The number of ether oxygens (including phenoxy) is 1. The Balaban J connectivity index is 3.07. The Kier molecular flexibility index (Phi) is 7.89. The minimum atomic E-state index is 0.662. The predicted octanol–water partition coefficient (Wildman–Crippen LogP) is 1.30. The van der Waals surface area contributed by atoms with Crippen molar-refractivity contribution in [2.45, 2.75) is 20.8 Å². The first kappa shape index (κ1) is 10.9. The third kappa shape index (κ3) is 6.28. The molecule has 0 saturated heterocycles. The van der Waals surface area contributed by atoms with Gasteiger partial charge in [0.2, 0.25) is 0 Å². The fourth-order valence-electron chi connectivity index (χ4n) is 0.776. The van der Waals surface area contributed by atoms with Crippen molar-refractivity contribution in [3.8, 4) is 0 Å². The number of nitrogens with zero attached hydrogens (tertiary/aromatic N) is 1. The van der Waals surface area contributed by atoms with Crippen LogP contribution >= 0.6 is 0 Å². The molecule has 3 heteroatoms. The highest BCUT2D eigenvalue weighted by atomic mass is 16.7. The monoisotopic (exact) mass is 161 g/mol. The number of hydrogen-bond donors (Lipinski definition) is 0. The summed E-state index contributed by atoms with van der Waals surface area (Å²) in [4.78, 5) is 5.35. The third-order valence-corrected chi connectivity index (χ3v) is 1.41. The smallest absolute Gasteiger partial charge is 0.0918 e. The summed E-state index contributed by atoms with van der Waals surface area (Å²) in [6, 6.07) is 0. The van der Waals surface area contributed by atoms with Crippen molar-refractivity contribution in [1.29, 1.82) is 0 Å². The van der Waals surface area contributed by atoms with Gasteiger partial charge in [-0.05, 0) is 6.92 Å². The van der Waals surface area contributed by atoms with Crippen molar-refractivity contribution in [2.24, 2.45) is 0 Å². The molecule has 0 amide bonds. The normalized spacial score (nSPS) is 10.9. The van der Waals surface area contributed by atoms with Crippen LogP contribution in [-0.4, -0.2) is 38.0 Å². The van der Waals surface area contributed by atoms with E-state index in [0.29, 0.717) is 13.2 Å². The number of rotatable bonds is 7. The summed E-state index contributed by atoms with van der Waals surface area (Å²) in [5, 5.41) is 1.92. The molecule has 0 spiro atoms. The van der Waals surface area contributed by atoms with Gasteiger partial charge in [-0.3, -0.25) is 4.84 Å². The van der Waals surface area contributed by atoms with Crippen LogP contribution in [0.5, 0.6) is 0 Å². The number of hydroxylamine groups is 2. The van der Waals surface area contributed by atoms with Gasteiger partial charge in [0, 0.05) is 19.7 Å². The molecule has 0 unspecified atom stereocenters. The molecule has 0 saturated carbocycles. The Labute approximate surface area is 69.2 Å². The second kappa shape index (κ2) is 7.98. The van der Waals surface area contributed by atoms with Gasteiger partial charge in [0.05, 0.1) is 13.2 Å². The molecule has 0 atom stereocenters. The molecule has 0 N–H and O–H groups in total. The maximum Gasteiger partial charge on any atom is 0.0918 e. The van der Waals surface area contributed by atoms with Crippen LogP contribution in [0.1, 0.15) is 20.8 Å². The fourth-order valence-corrected chi connectivity index (χ4v) is 0.776. The summed E-state index contributed by atoms with van der Waals surface area (Å²) in [5.74, 6) is 0. The van der Waals surface area contributed by atoms with Gasteiger partial charge < -0.3 is 4.74 Å². The molecule has 3 nitrogen and oxygen atoms in total. The van der Waals surface area contributed by atoms with E-state index < -0.39 is 0 Å². The topological polar surface area (TPSA) is 21.7 Å². The lowest BCUT2D eigenvalue weighted by Crippen LogP contribution is -2.25. The van der Waals surface area contributed by atoms with Crippen molar-refractivity contribution >= 4 is 0 Å². The Morgan fingerprint density at radius 1 is 1.00 bits per heavy atom. The van der Waals surface area contributed by atoms with Gasteiger partial charge in [-0.1, -0.05) is 13.8 Å². The van der Waals surface area contributed by atoms with E-state index in [1.54, 1.807) is 0 Å². The van der Waals surface area contributed by atoms with Crippen LogP contribution in [-0.2, 0) is 9.57 Å². The molecule has 0 aliphatic rings. The molecule has 68 valence electrons. The van der Waals surface area contributed by atoms with E-state index in [-0.39, 0.29) is 0 Å². The average Bonchev–Trinajstić information content (AvgIpc) is 2.05. The van der Waals surface area contributed by atoms with E-state index in [4.69, 9.17) is 9.57 Å². The second-order valence-corrected chi connectivity index (χ2v) is 2.14. The van der Waals surface area contributed by atoms with Gasteiger partial charge in [0.25, 0.3) is 0 Å². The summed E-state index contributed by atoms with van der Waals surface area (Å²) in [6.07, 6.45) is 0. The molecule has 0 aromatic rings. The first-order chi connectivity index (χ1) is 5.35. The van der Waals surface area contributed by atoms with E-state index in [2.05, 4.69) is 13.8 Å². The fraction of sp³-hybridized carbons (Fsp3) is 1.00. The summed E-state index contributed by atoms with van der Waals surface area (Å²) in [5.41, 5.74) is 0. The predicted molar refractivity (Wildman–Crippen MR) is 45.4 cm³/mol. The van der Waals surface area contributed by atoms with Crippen LogP contribution in [0.25, 0.3) is 0 Å². The van der Waals surface area contributed by atoms with E-state index >= 15 is 0 Å². The average molecular weight is 161 g/mol. The largest absolute Gasteiger partial charge is 0.379 e. The second-order valence-electron chi connectivity index (χ2n) is 2.14. The molecular weight excluding hydrogens is 142 g/mol. The zero-order valence-corrected chi connectivity index (χ0v) is 7.80. The zero-order chi connectivity index (χ0) is 8.53. The van der Waals surface area contributed by atoms with E-state index in [1.165, 1.54) is 0 Å². The van der Waals surface area contributed by atoms with Crippen LogP contribution in [0.3, 0.4) is 0 Å². The molecule has 0 heterocycles. The Hall–Kier alpha value is -0.120. The van der Waals surface area contributed by atoms with Crippen molar-refractivity contribution in [2.75, 3.05) is 32.9 Å². The van der Waals surface area contributed by atoms with Crippen molar-refractivity contribution in [3.05, 3.63) is 0 Å². The van der Waals surface area contributed by atoms with E-state index in [0.717, 1.165) is 19.7 Å². The summed E-state index contributed by atoms with van der Waals surface area (Å²) in [6.45, 7) is 10.1. The van der Waals surface area contributed by atoms with Gasteiger partial charge >= 0.3 is 0 Å². The van der Waals surface area contributed by atoms with Crippen molar-refractivity contribution < 1.29 is 9.57 Å². The molecule has 0 aromatic carbocycles. The lowest BCUT2D eigenvalue weighted by atomic mass is 10.6. The highest BCUT2D eigenvalue weighted by molar-refractivity contribution is 4.34. The molecular formula is C8H19NO2. The summed E-state index contributed by atoms with van der Waals surface area (Å²) in [7, 11) is 0. The summed E-state index contributed by atoms with van der Waals surface area (Å²) >= 11 is 0. The minimum Gasteiger partial charge on any atom is -0.379 e. The lowest BCUT2D eigenvalue weighted by Gasteiger charge is -2.17. The van der Waals surface area contributed by atoms with Gasteiger partial charge in [0.1, 0.15) is 0 Å². The van der Waals surface area contributed by atoms with Gasteiger partial charge in [0.15, 0.2) is 0 Å². The minimum absolute atomic E-state index is 0.662. The molecule has 0 aromatic heterocycles. The van der Waals surface area contributed by atoms with Crippen LogP contribution in [0, 0.1) is 0 Å². The molecule has 0 rings (SSSR count). The maximum atomic E-state index is 5.35. The molecule has 11 heavy (non-hydrogen) atoms. The Bertz CT molecular complexity index is 74.5.